The summed E-state index contributed by atoms with van der Waals surface area (Å²) in [7, 11) is 0. The molecule has 1 aliphatic rings. The Morgan fingerprint density at radius 3 is 2.59 bits per heavy atom. The second-order valence-electron chi connectivity index (χ2n) is 4.24. The van der Waals surface area contributed by atoms with Gasteiger partial charge >= 0.3 is 0 Å². The van der Waals surface area contributed by atoms with Crippen molar-refractivity contribution in [1.29, 1.82) is 0 Å². The van der Waals surface area contributed by atoms with Crippen LogP contribution in [0.15, 0.2) is 59.5 Å². The molecule has 0 aromatic heterocycles. The Hall–Kier alpha value is -1.41. The van der Waals surface area contributed by atoms with Crippen LogP contribution < -0.4 is 5.32 Å². The van der Waals surface area contributed by atoms with Gasteiger partial charge in [-0.1, -0.05) is 36.4 Å². The van der Waals surface area contributed by atoms with Crippen LogP contribution in [0.5, 0.6) is 0 Å². The molecule has 1 heterocycles. The molecule has 0 bridgehead atoms. The minimum absolute atomic E-state index is 0.454. The van der Waals surface area contributed by atoms with E-state index in [1.165, 1.54) is 28.3 Å². The molecule has 1 N–H and O–H groups in total. The molecule has 1 unspecified atom stereocenters. The van der Waals surface area contributed by atoms with Crippen LogP contribution in [0.3, 0.4) is 0 Å². The van der Waals surface area contributed by atoms with E-state index in [1.807, 2.05) is 11.8 Å². The smallest absolute Gasteiger partial charge is 0.0532 e. The Morgan fingerprint density at radius 2 is 1.71 bits per heavy atom. The molecule has 0 aliphatic carbocycles. The van der Waals surface area contributed by atoms with Crippen LogP contribution in [-0.2, 0) is 0 Å². The summed E-state index contributed by atoms with van der Waals surface area (Å²) in [5.41, 5.74) is 2.65. The third kappa shape index (κ3) is 2.32. The Morgan fingerprint density at radius 1 is 0.941 bits per heavy atom. The van der Waals surface area contributed by atoms with Crippen molar-refractivity contribution in [3.05, 3.63) is 60.2 Å². The average Bonchev–Trinajstić information content (AvgIpc) is 2.40. The lowest BCUT2D eigenvalue weighted by Gasteiger charge is -2.26. The second kappa shape index (κ2) is 4.84. The first-order valence-electron chi connectivity index (χ1n) is 5.97. The van der Waals surface area contributed by atoms with Gasteiger partial charge in [0.15, 0.2) is 0 Å². The minimum Gasteiger partial charge on any atom is -0.378 e. The molecule has 86 valence electrons. The van der Waals surface area contributed by atoms with E-state index in [-0.39, 0.29) is 0 Å². The molecule has 0 fully saturated rings. The van der Waals surface area contributed by atoms with Gasteiger partial charge in [-0.15, -0.1) is 11.8 Å². The predicted molar refractivity (Wildman–Crippen MR) is 74.6 cm³/mol. The molecule has 2 aromatic carbocycles. The molecule has 0 radical (unpaired) electrons. The van der Waals surface area contributed by atoms with Gasteiger partial charge in [0, 0.05) is 16.3 Å². The van der Waals surface area contributed by atoms with Crippen LogP contribution in [0.25, 0.3) is 0 Å². The number of hydrogen-bond acceptors (Lipinski definition) is 2. The van der Waals surface area contributed by atoms with Crippen molar-refractivity contribution < 1.29 is 0 Å². The van der Waals surface area contributed by atoms with Crippen molar-refractivity contribution in [3.63, 3.8) is 0 Å². The van der Waals surface area contributed by atoms with Crippen LogP contribution >= 0.6 is 11.8 Å². The number of para-hydroxylation sites is 1. The standard InChI is InChI=1S/C15H15NS/c1-2-6-12(7-3-1)16-14-10-11-17-15-9-5-4-8-13(14)15/h1-9,14,16H,10-11H2. The van der Waals surface area contributed by atoms with Crippen molar-refractivity contribution in [2.75, 3.05) is 11.1 Å². The van der Waals surface area contributed by atoms with Crippen molar-refractivity contribution in [3.8, 4) is 0 Å². The van der Waals surface area contributed by atoms with Crippen molar-refractivity contribution >= 4 is 17.4 Å². The third-order valence-electron chi connectivity index (χ3n) is 3.07. The number of hydrogen-bond donors (Lipinski definition) is 1. The van der Waals surface area contributed by atoms with E-state index < -0.39 is 0 Å². The van der Waals surface area contributed by atoms with E-state index in [2.05, 4.69) is 59.9 Å². The van der Waals surface area contributed by atoms with Crippen molar-refractivity contribution in [2.45, 2.75) is 17.4 Å². The first-order valence-corrected chi connectivity index (χ1v) is 6.95. The van der Waals surface area contributed by atoms with E-state index in [0.717, 1.165) is 0 Å². The molecule has 1 aliphatic heterocycles. The lowest BCUT2D eigenvalue weighted by molar-refractivity contribution is 0.728. The molecule has 17 heavy (non-hydrogen) atoms. The second-order valence-corrected chi connectivity index (χ2v) is 5.37. The van der Waals surface area contributed by atoms with Crippen LogP contribution in [0.1, 0.15) is 18.0 Å². The highest BCUT2D eigenvalue weighted by atomic mass is 32.2. The average molecular weight is 241 g/mol. The molecule has 0 spiro atoms. The fraction of sp³-hybridized carbons (Fsp3) is 0.200. The summed E-state index contributed by atoms with van der Waals surface area (Å²) in [4.78, 5) is 1.42. The van der Waals surface area contributed by atoms with E-state index in [0.29, 0.717) is 6.04 Å². The fourth-order valence-electron chi connectivity index (χ4n) is 2.23. The lowest BCUT2D eigenvalue weighted by atomic mass is 10.0. The Kier molecular flexibility index (Phi) is 3.06. The van der Waals surface area contributed by atoms with Gasteiger partial charge in [-0.3, -0.25) is 0 Å². The largest absolute Gasteiger partial charge is 0.378 e. The van der Waals surface area contributed by atoms with Crippen molar-refractivity contribution in [1.82, 2.24) is 0 Å². The zero-order valence-electron chi connectivity index (χ0n) is 9.60. The number of thioether (sulfide) groups is 1. The summed E-state index contributed by atoms with van der Waals surface area (Å²) < 4.78 is 0. The molecular weight excluding hydrogens is 226 g/mol. The monoisotopic (exact) mass is 241 g/mol. The van der Waals surface area contributed by atoms with E-state index in [4.69, 9.17) is 0 Å². The zero-order chi connectivity index (χ0) is 11.5. The number of benzene rings is 2. The topological polar surface area (TPSA) is 12.0 Å². The van der Waals surface area contributed by atoms with E-state index in [9.17, 15) is 0 Å². The maximum Gasteiger partial charge on any atom is 0.0532 e. The van der Waals surface area contributed by atoms with Crippen molar-refractivity contribution in [2.24, 2.45) is 0 Å². The van der Waals surface area contributed by atoms with Crippen LogP contribution in [0.2, 0.25) is 0 Å². The highest BCUT2D eigenvalue weighted by Crippen LogP contribution is 2.37. The Bertz CT molecular complexity index is 495. The van der Waals surface area contributed by atoms with Gasteiger partial charge < -0.3 is 5.32 Å². The van der Waals surface area contributed by atoms with Gasteiger partial charge in [0.25, 0.3) is 0 Å². The molecule has 3 rings (SSSR count). The zero-order valence-corrected chi connectivity index (χ0v) is 10.4. The van der Waals surface area contributed by atoms with Gasteiger partial charge in [0.05, 0.1) is 6.04 Å². The number of rotatable bonds is 2. The first-order chi connectivity index (χ1) is 8.43. The van der Waals surface area contributed by atoms with Crippen LogP contribution in [0.4, 0.5) is 5.69 Å². The SMILES string of the molecule is c1ccc(NC2CCSc3ccccc32)cc1. The summed E-state index contributed by atoms with van der Waals surface area (Å²) in [5.74, 6) is 1.20. The maximum absolute atomic E-state index is 3.62. The molecule has 1 atom stereocenters. The predicted octanol–water partition coefficient (Wildman–Crippen LogP) is 4.34. The summed E-state index contributed by atoms with van der Waals surface area (Å²) in [6, 6.07) is 19.6. The van der Waals surface area contributed by atoms with Gasteiger partial charge in [-0.2, -0.15) is 0 Å². The quantitative estimate of drug-likeness (QED) is 0.839. The van der Waals surface area contributed by atoms with E-state index in [1.54, 1.807) is 0 Å². The minimum atomic E-state index is 0.454. The summed E-state index contributed by atoms with van der Waals surface area (Å²) >= 11 is 1.96. The number of nitrogens with one attached hydrogen (secondary N) is 1. The van der Waals surface area contributed by atoms with Gasteiger partial charge in [-0.05, 0) is 30.2 Å². The Balaban J connectivity index is 1.86. The van der Waals surface area contributed by atoms with Gasteiger partial charge in [0.2, 0.25) is 0 Å². The molecule has 0 saturated heterocycles. The summed E-state index contributed by atoms with van der Waals surface area (Å²) in [5, 5.41) is 3.62. The Labute approximate surface area is 106 Å². The molecule has 2 heteroatoms. The third-order valence-corrected chi connectivity index (χ3v) is 4.20. The van der Waals surface area contributed by atoms with Gasteiger partial charge in [-0.25, -0.2) is 0 Å². The van der Waals surface area contributed by atoms with Crippen LogP contribution in [-0.4, -0.2) is 5.75 Å². The number of fused-ring (bicyclic) bond motifs is 1. The molecular formula is C15H15NS. The lowest BCUT2D eigenvalue weighted by Crippen LogP contribution is -2.15. The van der Waals surface area contributed by atoms with E-state index >= 15 is 0 Å². The highest BCUT2D eigenvalue weighted by Gasteiger charge is 2.19. The molecule has 0 saturated carbocycles. The maximum atomic E-state index is 3.62. The normalized spacial score (nSPS) is 18.5. The fourth-order valence-corrected chi connectivity index (χ4v) is 3.35. The summed E-state index contributed by atoms with van der Waals surface area (Å²) in [6.45, 7) is 0. The molecule has 2 aromatic rings. The number of anilines is 1. The summed E-state index contributed by atoms with van der Waals surface area (Å²) in [6.07, 6.45) is 1.19. The van der Waals surface area contributed by atoms with Gasteiger partial charge in [0.1, 0.15) is 0 Å². The highest BCUT2D eigenvalue weighted by molar-refractivity contribution is 7.99. The van der Waals surface area contributed by atoms with Crippen LogP contribution in [0, 0.1) is 0 Å². The molecule has 1 nitrogen and oxygen atoms in total. The first kappa shape index (κ1) is 10.7. The molecule has 0 amide bonds.